The second-order valence-corrected chi connectivity index (χ2v) is 7.05. The van der Waals surface area contributed by atoms with Crippen LogP contribution >= 0.6 is 11.8 Å². The number of thioether (sulfide) groups is 1. The highest BCUT2D eigenvalue weighted by Gasteiger charge is 2.35. The second-order valence-electron chi connectivity index (χ2n) is 6.11. The quantitative estimate of drug-likeness (QED) is 0.779. The number of rotatable bonds is 7. The second kappa shape index (κ2) is 6.56. The first-order chi connectivity index (χ1) is 9.51. The Kier molecular flexibility index (Phi) is 5.01. The molecule has 0 aliphatic heterocycles. The Morgan fingerprint density at radius 3 is 2.75 bits per heavy atom. The minimum atomic E-state index is -0.845. The van der Waals surface area contributed by atoms with E-state index in [4.69, 9.17) is 5.11 Å². The van der Waals surface area contributed by atoms with Crippen LogP contribution in [0.3, 0.4) is 0 Å². The maximum atomic E-state index is 10.7. The van der Waals surface area contributed by atoms with Crippen LogP contribution in [0.5, 0.6) is 0 Å². The van der Waals surface area contributed by atoms with Crippen molar-refractivity contribution in [1.29, 1.82) is 0 Å². The molecule has 0 radical (unpaired) electrons. The van der Waals surface area contributed by atoms with Crippen LogP contribution in [-0.2, 0) is 11.3 Å². The predicted octanol–water partition coefficient (Wildman–Crippen LogP) is 2.46. The van der Waals surface area contributed by atoms with E-state index in [0.717, 1.165) is 6.54 Å². The van der Waals surface area contributed by atoms with Gasteiger partial charge in [-0.3, -0.25) is 4.79 Å². The van der Waals surface area contributed by atoms with Crippen LogP contribution in [0.4, 0.5) is 0 Å². The first-order valence-corrected chi connectivity index (χ1v) is 8.10. The first-order valence-electron chi connectivity index (χ1n) is 7.11. The molecular formula is C13H22N4O2S. The molecule has 0 amide bonds. The Balaban J connectivity index is 2.07. The van der Waals surface area contributed by atoms with E-state index >= 15 is 0 Å². The van der Waals surface area contributed by atoms with Gasteiger partial charge in [-0.25, -0.2) is 4.68 Å². The van der Waals surface area contributed by atoms with Gasteiger partial charge in [0.25, 0.3) is 0 Å². The van der Waals surface area contributed by atoms with Crippen molar-refractivity contribution in [2.75, 3.05) is 5.75 Å². The Bertz CT molecular complexity index is 455. The first kappa shape index (κ1) is 15.3. The van der Waals surface area contributed by atoms with Crippen LogP contribution in [0.15, 0.2) is 5.16 Å². The van der Waals surface area contributed by atoms with Gasteiger partial charge in [0.1, 0.15) is 0 Å². The van der Waals surface area contributed by atoms with E-state index in [0.29, 0.717) is 11.1 Å². The van der Waals surface area contributed by atoms with Crippen LogP contribution in [0, 0.1) is 11.3 Å². The van der Waals surface area contributed by atoms with Gasteiger partial charge in [-0.05, 0) is 41.0 Å². The molecule has 20 heavy (non-hydrogen) atoms. The molecule has 1 aromatic heterocycles. The Morgan fingerprint density at radius 2 is 2.15 bits per heavy atom. The van der Waals surface area contributed by atoms with Gasteiger partial charge in [0.15, 0.2) is 0 Å². The van der Waals surface area contributed by atoms with Crippen molar-refractivity contribution in [3.63, 3.8) is 0 Å². The van der Waals surface area contributed by atoms with Gasteiger partial charge in [0.05, 0.1) is 12.3 Å². The van der Waals surface area contributed by atoms with Gasteiger partial charge in [0.2, 0.25) is 5.16 Å². The van der Waals surface area contributed by atoms with Crippen molar-refractivity contribution < 1.29 is 9.90 Å². The van der Waals surface area contributed by atoms with Crippen LogP contribution < -0.4 is 0 Å². The van der Waals surface area contributed by atoms with Crippen molar-refractivity contribution in [3.05, 3.63) is 0 Å². The summed E-state index contributed by atoms with van der Waals surface area (Å²) in [5.41, 5.74) is 0.280. The van der Waals surface area contributed by atoms with Crippen molar-refractivity contribution in [1.82, 2.24) is 20.2 Å². The molecule has 0 spiro atoms. The monoisotopic (exact) mass is 298 g/mol. The zero-order valence-electron chi connectivity index (χ0n) is 12.1. The molecule has 7 heteroatoms. The summed E-state index contributed by atoms with van der Waals surface area (Å²) in [4.78, 5) is 10.7. The van der Waals surface area contributed by atoms with E-state index in [-0.39, 0.29) is 11.2 Å². The molecule has 1 N–H and O–H groups in total. The highest BCUT2D eigenvalue weighted by molar-refractivity contribution is 7.99. The molecule has 1 aliphatic carbocycles. The van der Waals surface area contributed by atoms with E-state index in [1.807, 2.05) is 0 Å². The molecule has 2 rings (SSSR count). The molecule has 0 atom stereocenters. The highest BCUT2D eigenvalue weighted by atomic mass is 32.2. The zero-order chi connectivity index (χ0) is 14.6. The molecule has 0 bridgehead atoms. The number of carboxylic acids is 1. The molecular weight excluding hydrogens is 276 g/mol. The molecule has 1 fully saturated rings. The molecule has 1 saturated carbocycles. The molecule has 1 heterocycles. The lowest BCUT2D eigenvalue weighted by atomic mass is 9.78. The van der Waals surface area contributed by atoms with Gasteiger partial charge in [-0.2, -0.15) is 0 Å². The van der Waals surface area contributed by atoms with Crippen molar-refractivity contribution in [3.8, 4) is 0 Å². The molecule has 112 valence electrons. The lowest BCUT2D eigenvalue weighted by Gasteiger charge is -2.30. The molecule has 6 nitrogen and oxygen atoms in total. The smallest absolute Gasteiger partial charge is 0.313 e. The third-order valence-electron chi connectivity index (χ3n) is 3.81. The van der Waals surface area contributed by atoms with Crippen LogP contribution in [0.25, 0.3) is 0 Å². The minimum Gasteiger partial charge on any atom is -0.481 e. The van der Waals surface area contributed by atoms with Crippen LogP contribution in [0.2, 0.25) is 0 Å². The standard InChI is InChI=1S/C13H22N4O2S/c1-10(2)7-13(5-3-4-6-13)9-17-12(14-15-16-17)20-8-11(18)19/h10H,3-9H2,1-2H3,(H,18,19). The number of aromatic nitrogens is 4. The summed E-state index contributed by atoms with van der Waals surface area (Å²) in [5.74, 6) is -0.195. The number of tetrazole rings is 1. The summed E-state index contributed by atoms with van der Waals surface area (Å²) >= 11 is 1.19. The molecule has 0 saturated heterocycles. The summed E-state index contributed by atoms with van der Waals surface area (Å²) in [6.45, 7) is 5.31. The number of aliphatic carboxylic acids is 1. The maximum absolute atomic E-state index is 10.7. The Labute approximate surface area is 123 Å². The van der Waals surface area contributed by atoms with Crippen LogP contribution in [0.1, 0.15) is 46.0 Å². The fourth-order valence-corrected chi connectivity index (χ4v) is 3.86. The summed E-state index contributed by atoms with van der Waals surface area (Å²) in [6.07, 6.45) is 6.15. The van der Waals surface area contributed by atoms with E-state index < -0.39 is 5.97 Å². The predicted molar refractivity (Wildman–Crippen MR) is 76.5 cm³/mol. The number of nitrogens with zero attached hydrogens (tertiary/aromatic N) is 4. The summed E-state index contributed by atoms with van der Waals surface area (Å²) < 4.78 is 1.79. The summed E-state index contributed by atoms with van der Waals surface area (Å²) in [6, 6.07) is 0. The fourth-order valence-electron chi connectivity index (χ4n) is 3.26. The van der Waals surface area contributed by atoms with E-state index in [1.54, 1.807) is 4.68 Å². The Morgan fingerprint density at radius 1 is 1.45 bits per heavy atom. The SMILES string of the molecule is CC(C)CC1(Cn2nnnc2SCC(=O)O)CCCC1. The largest absolute Gasteiger partial charge is 0.481 e. The van der Waals surface area contributed by atoms with Crippen LogP contribution in [-0.4, -0.2) is 37.0 Å². The van der Waals surface area contributed by atoms with Crippen molar-refractivity contribution >= 4 is 17.7 Å². The lowest BCUT2D eigenvalue weighted by molar-refractivity contribution is -0.133. The molecule has 0 unspecified atom stereocenters. The third-order valence-corrected chi connectivity index (χ3v) is 4.76. The summed E-state index contributed by atoms with van der Waals surface area (Å²) in [5, 5.41) is 21.1. The summed E-state index contributed by atoms with van der Waals surface area (Å²) in [7, 11) is 0. The zero-order valence-corrected chi connectivity index (χ0v) is 12.9. The molecule has 1 aromatic rings. The fraction of sp³-hybridized carbons (Fsp3) is 0.846. The van der Waals surface area contributed by atoms with Crippen molar-refractivity contribution in [2.45, 2.75) is 57.7 Å². The van der Waals surface area contributed by atoms with Gasteiger partial charge in [-0.15, -0.1) is 5.10 Å². The van der Waals surface area contributed by atoms with E-state index in [9.17, 15) is 4.79 Å². The lowest BCUT2D eigenvalue weighted by Crippen LogP contribution is -2.26. The van der Waals surface area contributed by atoms with E-state index in [1.165, 1.54) is 43.9 Å². The average molecular weight is 298 g/mol. The number of hydrogen-bond donors (Lipinski definition) is 1. The normalized spacial score (nSPS) is 17.8. The third kappa shape index (κ3) is 3.94. The minimum absolute atomic E-state index is 0.00243. The van der Waals surface area contributed by atoms with Crippen molar-refractivity contribution in [2.24, 2.45) is 11.3 Å². The number of carboxylic acid groups (broad SMARTS) is 1. The Hall–Kier alpha value is -1.11. The maximum Gasteiger partial charge on any atom is 0.313 e. The average Bonchev–Trinajstić information content (AvgIpc) is 2.96. The topological polar surface area (TPSA) is 80.9 Å². The van der Waals surface area contributed by atoms with Gasteiger partial charge in [-0.1, -0.05) is 38.5 Å². The van der Waals surface area contributed by atoms with E-state index in [2.05, 4.69) is 29.4 Å². The number of hydrogen-bond acceptors (Lipinski definition) is 5. The highest BCUT2D eigenvalue weighted by Crippen LogP contribution is 2.44. The van der Waals surface area contributed by atoms with Gasteiger partial charge in [0, 0.05) is 0 Å². The molecule has 1 aliphatic rings. The number of carbonyl (C=O) groups is 1. The van der Waals surface area contributed by atoms with Gasteiger partial charge < -0.3 is 5.11 Å². The molecule has 0 aromatic carbocycles. The van der Waals surface area contributed by atoms with Gasteiger partial charge >= 0.3 is 5.97 Å².